The molecule has 2 heteroatoms. The van der Waals surface area contributed by atoms with Crippen LogP contribution in [-0.4, -0.2) is 13.1 Å². The van der Waals surface area contributed by atoms with Crippen LogP contribution in [0.3, 0.4) is 0 Å². The van der Waals surface area contributed by atoms with Gasteiger partial charge in [0.15, 0.2) is 0 Å². The zero-order chi connectivity index (χ0) is 12.8. The molecule has 0 aliphatic carbocycles. The van der Waals surface area contributed by atoms with Gasteiger partial charge < -0.3 is 4.74 Å². The Morgan fingerprint density at radius 2 is 2.18 bits per heavy atom. The van der Waals surface area contributed by atoms with Crippen molar-refractivity contribution in [1.29, 1.82) is 0 Å². The number of carbonyl (C=O) groups excluding carboxylic acids is 1. The standard InChI is InChI=1S/C15H20O2/c1-5-12(6-2)14-9-7-8-13(10-14)11(3)15(16)17-4/h5,7-11H,6H2,1-4H3/b12-5-/t11-/m0/s1. The molecule has 1 aromatic carbocycles. The Labute approximate surface area is 103 Å². The van der Waals surface area contributed by atoms with E-state index in [9.17, 15) is 4.79 Å². The maximum absolute atomic E-state index is 11.5. The van der Waals surface area contributed by atoms with Crippen LogP contribution in [0.15, 0.2) is 30.3 Å². The van der Waals surface area contributed by atoms with E-state index in [1.54, 1.807) is 0 Å². The van der Waals surface area contributed by atoms with E-state index in [1.165, 1.54) is 18.2 Å². The molecule has 1 aromatic rings. The maximum atomic E-state index is 11.5. The quantitative estimate of drug-likeness (QED) is 0.738. The normalized spacial score (nSPS) is 13.3. The molecule has 17 heavy (non-hydrogen) atoms. The smallest absolute Gasteiger partial charge is 0.312 e. The van der Waals surface area contributed by atoms with Crippen LogP contribution in [0.5, 0.6) is 0 Å². The van der Waals surface area contributed by atoms with Crippen LogP contribution in [0, 0.1) is 0 Å². The molecule has 1 atom stereocenters. The van der Waals surface area contributed by atoms with Crippen LogP contribution >= 0.6 is 0 Å². The summed E-state index contributed by atoms with van der Waals surface area (Å²) in [5.41, 5.74) is 3.48. The third-order valence-electron chi connectivity index (χ3n) is 3.04. The van der Waals surface area contributed by atoms with E-state index in [4.69, 9.17) is 4.74 Å². The van der Waals surface area contributed by atoms with Crippen molar-refractivity contribution in [3.8, 4) is 0 Å². The van der Waals surface area contributed by atoms with Gasteiger partial charge in [0.2, 0.25) is 0 Å². The van der Waals surface area contributed by atoms with Crippen molar-refractivity contribution in [2.24, 2.45) is 0 Å². The van der Waals surface area contributed by atoms with Crippen LogP contribution in [0.4, 0.5) is 0 Å². The summed E-state index contributed by atoms with van der Waals surface area (Å²) in [6.07, 6.45) is 3.11. The molecule has 2 nitrogen and oxygen atoms in total. The molecule has 0 fully saturated rings. The van der Waals surface area contributed by atoms with Gasteiger partial charge in [-0.3, -0.25) is 4.79 Å². The summed E-state index contributed by atoms with van der Waals surface area (Å²) in [5, 5.41) is 0. The Balaban J connectivity index is 3.05. The highest BCUT2D eigenvalue weighted by molar-refractivity contribution is 5.78. The number of methoxy groups -OCH3 is 1. The Hall–Kier alpha value is -1.57. The van der Waals surface area contributed by atoms with Gasteiger partial charge in [0, 0.05) is 0 Å². The summed E-state index contributed by atoms with van der Waals surface area (Å²) >= 11 is 0. The number of hydrogen-bond donors (Lipinski definition) is 0. The molecule has 0 bridgehead atoms. The average Bonchev–Trinajstić information content (AvgIpc) is 2.38. The fourth-order valence-electron chi connectivity index (χ4n) is 1.90. The van der Waals surface area contributed by atoms with Gasteiger partial charge in [0.1, 0.15) is 0 Å². The van der Waals surface area contributed by atoms with E-state index in [0.29, 0.717) is 0 Å². The summed E-state index contributed by atoms with van der Waals surface area (Å²) in [7, 11) is 1.42. The van der Waals surface area contributed by atoms with Gasteiger partial charge in [-0.2, -0.15) is 0 Å². The number of rotatable bonds is 4. The first kappa shape index (κ1) is 13.5. The molecule has 0 unspecified atom stereocenters. The van der Waals surface area contributed by atoms with Gasteiger partial charge in [-0.25, -0.2) is 0 Å². The Morgan fingerprint density at radius 3 is 2.71 bits per heavy atom. The van der Waals surface area contributed by atoms with Crippen molar-refractivity contribution in [3.63, 3.8) is 0 Å². The molecule has 1 rings (SSSR count). The van der Waals surface area contributed by atoms with Gasteiger partial charge in [0.05, 0.1) is 13.0 Å². The molecular weight excluding hydrogens is 212 g/mol. The molecule has 92 valence electrons. The van der Waals surface area contributed by atoms with Crippen LogP contribution < -0.4 is 0 Å². The monoisotopic (exact) mass is 232 g/mol. The highest BCUT2D eigenvalue weighted by atomic mass is 16.5. The molecule has 0 N–H and O–H groups in total. The van der Waals surface area contributed by atoms with Gasteiger partial charge in [-0.1, -0.05) is 37.3 Å². The van der Waals surface area contributed by atoms with Crippen LogP contribution in [0.25, 0.3) is 5.57 Å². The summed E-state index contributed by atoms with van der Waals surface area (Å²) in [5.74, 6) is -0.407. The van der Waals surface area contributed by atoms with E-state index in [1.807, 2.05) is 26.0 Å². The molecule has 0 saturated carbocycles. The lowest BCUT2D eigenvalue weighted by Gasteiger charge is -2.12. The molecular formula is C15H20O2. The number of benzene rings is 1. The summed E-state index contributed by atoms with van der Waals surface area (Å²) in [6, 6.07) is 8.10. The molecule has 0 saturated heterocycles. The van der Waals surface area contributed by atoms with E-state index in [0.717, 1.165) is 12.0 Å². The fourth-order valence-corrected chi connectivity index (χ4v) is 1.90. The van der Waals surface area contributed by atoms with E-state index in [-0.39, 0.29) is 11.9 Å². The average molecular weight is 232 g/mol. The Kier molecular flexibility index (Phi) is 4.95. The SMILES string of the molecule is C/C=C(/CC)c1cccc([C@H](C)C(=O)OC)c1. The van der Waals surface area contributed by atoms with Crippen molar-refractivity contribution in [2.45, 2.75) is 33.1 Å². The predicted molar refractivity (Wildman–Crippen MR) is 70.8 cm³/mol. The zero-order valence-corrected chi connectivity index (χ0v) is 11.0. The zero-order valence-electron chi connectivity index (χ0n) is 11.0. The summed E-state index contributed by atoms with van der Waals surface area (Å²) in [6.45, 7) is 6.03. The predicted octanol–water partition coefficient (Wildman–Crippen LogP) is 3.78. The second kappa shape index (κ2) is 6.24. The largest absolute Gasteiger partial charge is 0.469 e. The number of hydrogen-bond acceptors (Lipinski definition) is 2. The first-order valence-corrected chi connectivity index (χ1v) is 5.97. The number of esters is 1. The minimum Gasteiger partial charge on any atom is -0.469 e. The molecule has 0 spiro atoms. The van der Waals surface area contributed by atoms with Crippen molar-refractivity contribution in [3.05, 3.63) is 41.5 Å². The van der Waals surface area contributed by atoms with Crippen LogP contribution in [-0.2, 0) is 9.53 Å². The third-order valence-corrected chi connectivity index (χ3v) is 3.04. The lowest BCUT2D eigenvalue weighted by atomic mass is 9.95. The second-order valence-electron chi connectivity index (χ2n) is 4.04. The molecule has 0 heterocycles. The van der Waals surface area contributed by atoms with E-state index in [2.05, 4.69) is 25.1 Å². The van der Waals surface area contributed by atoms with Crippen LogP contribution in [0.1, 0.15) is 44.2 Å². The summed E-state index contributed by atoms with van der Waals surface area (Å²) in [4.78, 5) is 11.5. The molecule has 0 aliphatic heterocycles. The lowest BCUT2D eigenvalue weighted by Crippen LogP contribution is -2.10. The molecule has 0 amide bonds. The number of ether oxygens (including phenoxy) is 1. The Morgan fingerprint density at radius 1 is 1.47 bits per heavy atom. The van der Waals surface area contributed by atoms with Crippen LogP contribution in [0.2, 0.25) is 0 Å². The van der Waals surface area contributed by atoms with E-state index < -0.39 is 0 Å². The second-order valence-corrected chi connectivity index (χ2v) is 4.04. The molecule has 0 radical (unpaired) electrons. The fraction of sp³-hybridized carbons (Fsp3) is 0.400. The van der Waals surface area contributed by atoms with E-state index >= 15 is 0 Å². The lowest BCUT2D eigenvalue weighted by molar-refractivity contribution is -0.141. The highest BCUT2D eigenvalue weighted by Crippen LogP contribution is 2.23. The van der Waals surface area contributed by atoms with Gasteiger partial charge >= 0.3 is 5.97 Å². The minimum atomic E-state index is -0.213. The van der Waals surface area contributed by atoms with Gasteiger partial charge in [0.25, 0.3) is 0 Å². The summed E-state index contributed by atoms with van der Waals surface area (Å²) < 4.78 is 4.77. The Bertz CT molecular complexity index is 419. The first-order chi connectivity index (χ1) is 8.13. The first-order valence-electron chi connectivity index (χ1n) is 5.97. The minimum absolute atomic E-state index is 0.194. The maximum Gasteiger partial charge on any atom is 0.312 e. The van der Waals surface area contributed by atoms with Gasteiger partial charge in [-0.15, -0.1) is 0 Å². The van der Waals surface area contributed by atoms with Gasteiger partial charge in [-0.05, 0) is 37.0 Å². The van der Waals surface area contributed by atoms with Crippen molar-refractivity contribution in [2.75, 3.05) is 7.11 Å². The highest BCUT2D eigenvalue weighted by Gasteiger charge is 2.15. The topological polar surface area (TPSA) is 26.3 Å². The molecule has 0 aromatic heterocycles. The third kappa shape index (κ3) is 3.19. The number of allylic oxidation sites excluding steroid dienone is 2. The van der Waals surface area contributed by atoms with Crippen molar-refractivity contribution in [1.82, 2.24) is 0 Å². The van der Waals surface area contributed by atoms with Crippen molar-refractivity contribution >= 4 is 11.5 Å². The molecule has 0 aliphatic rings. The van der Waals surface area contributed by atoms with Crippen molar-refractivity contribution < 1.29 is 9.53 Å². The number of carbonyl (C=O) groups is 1.